The second-order valence-electron chi connectivity index (χ2n) is 6.33. The number of benzene rings is 1. The molecule has 8 heteroatoms. The topological polar surface area (TPSA) is 55.6 Å². The monoisotopic (exact) mass is 368 g/mol. The highest BCUT2D eigenvalue weighted by atomic mass is 19.4. The molecule has 0 atom stereocenters. The van der Waals surface area contributed by atoms with Crippen molar-refractivity contribution in [1.82, 2.24) is 10.1 Å². The molecule has 5 nitrogen and oxygen atoms in total. The molecule has 1 aromatic carbocycles. The minimum Gasteiger partial charge on any atom is -0.490 e. The average Bonchev–Trinajstić information content (AvgIpc) is 2.93. The van der Waals surface area contributed by atoms with Crippen LogP contribution in [0.25, 0.3) is 0 Å². The molecule has 0 aliphatic carbocycles. The van der Waals surface area contributed by atoms with Gasteiger partial charge in [0.1, 0.15) is 23.2 Å². The molecule has 1 fully saturated rings. The lowest BCUT2D eigenvalue weighted by atomic mass is 10.1. The molecule has 1 aliphatic rings. The van der Waals surface area contributed by atoms with Crippen molar-refractivity contribution in [2.75, 3.05) is 13.1 Å². The van der Waals surface area contributed by atoms with Crippen molar-refractivity contribution in [2.24, 2.45) is 0 Å². The van der Waals surface area contributed by atoms with Crippen molar-refractivity contribution in [3.05, 3.63) is 46.8 Å². The summed E-state index contributed by atoms with van der Waals surface area (Å²) in [5.41, 5.74) is 0.290. The highest BCUT2D eigenvalue weighted by molar-refractivity contribution is 5.96. The Hall–Kier alpha value is -2.51. The normalized spacial score (nSPS) is 16.0. The van der Waals surface area contributed by atoms with Crippen LogP contribution in [0.1, 0.15) is 40.2 Å². The maximum absolute atomic E-state index is 12.8. The Labute approximate surface area is 148 Å². The minimum absolute atomic E-state index is 0.140. The number of ether oxygens (including phenoxy) is 1. The fourth-order valence-corrected chi connectivity index (χ4v) is 3.06. The van der Waals surface area contributed by atoms with Crippen molar-refractivity contribution < 1.29 is 27.2 Å². The van der Waals surface area contributed by atoms with Crippen LogP contribution in [0.4, 0.5) is 13.2 Å². The van der Waals surface area contributed by atoms with E-state index in [4.69, 9.17) is 9.26 Å². The number of amides is 1. The van der Waals surface area contributed by atoms with E-state index in [1.165, 1.54) is 12.1 Å². The number of halogens is 3. The fraction of sp³-hybridized carbons (Fsp3) is 0.444. The third kappa shape index (κ3) is 3.84. The van der Waals surface area contributed by atoms with Gasteiger partial charge in [0.15, 0.2) is 0 Å². The summed E-state index contributed by atoms with van der Waals surface area (Å²) < 4.78 is 49.0. The summed E-state index contributed by atoms with van der Waals surface area (Å²) in [6, 6.07) is 4.85. The largest absolute Gasteiger partial charge is 0.490 e. The van der Waals surface area contributed by atoms with Gasteiger partial charge in [0.25, 0.3) is 5.91 Å². The summed E-state index contributed by atoms with van der Waals surface area (Å²) in [6.07, 6.45) is -3.53. The van der Waals surface area contributed by atoms with E-state index in [-0.39, 0.29) is 17.8 Å². The van der Waals surface area contributed by atoms with Crippen LogP contribution in [0.15, 0.2) is 28.8 Å². The van der Waals surface area contributed by atoms with Crippen molar-refractivity contribution in [2.45, 2.75) is 39.0 Å². The zero-order valence-corrected chi connectivity index (χ0v) is 14.5. The number of hydrogen-bond acceptors (Lipinski definition) is 4. The van der Waals surface area contributed by atoms with Crippen LogP contribution in [0.5, 0.6) is 5.75 Å². The summed E-state index contributed by atoms with van der Waals surface area (Å²) in [5, 5.41) is 3.79. The fourth-order valence-electron chi connectivity index (χ4n) is 3.06. The Balaban J connectivity index is 1.60. The molecule has 0 unspecified atom stereocenters. The molecule has 3 rings (SSSR count). The van der Waals surface area contributed by atoms with Crippen LogP contribution in [0.2, 0.25) is 0 Å². The van der Waals surface area contributed by atoms with Gasteiger partial charge < -0.3 is 14.2 Å². The Bertz CT molecular complexity index is 774. The number of aryl methyl sites for hydroxylation is 2. The molecule has 0 spiro atoms. The summed E-state index contributed by atoms with van der Waals surface area (Å²) in [4.78, 5) is 14.3. The lowest BCUT2D eigenvalue weighted by Gasteiger charge is -2.32. The number of carbonyl (C=O) groups is 1. The van der Waals surface area contributed by atoms with Gasteiger partial charge in [-0.15, -0.1) is 0 Å². The van der Waals surface area contributed by atoms with Crippen LogP contribution in [-0.2, 0) is 6.18 Å². The van der Waals surface area contributed by atoms with Crippen molar-refractivity contribution in [1.29, 1.82) is 0 Å². The quantitative estimate of drug-likeness (QED) is 0.822. The van der Waals surface area contributed by atoms with E-state index in [0.717, 1.165) is 12.1 Å². The standard InChI is InChI=1S/C18H19F3N2O3/c1-11-16(12(2)26-22-11)17(24)23-8-6-14(7-9-23)25-15-5-3-4-13(10-15)18(19,20)21/h3-5,10,14H,6-9H2,1-2H3. The number of nitrogens with zero attached hydrogens (tertiary/aromatic N) is 2. The van der Waals surface area contributed by atoms with Gasteiger partial charge in [0.05, 0.1) is 11.3 Å². The van der Waals surface area contributed by atoms with Gasteiger partial charge in [-0.1, -0.05) is 11.2 Å². The molecule has 2 heterocycles. The lowest BCUT2D eigenvalue weighted by molar-refractivity contribution is -0.137. The SMILES string of the molecule is Cc1noc(C)c1C(=O)N1CCC(Oc2cccc(C(F)(F)F)c2)CC1. The second-order valence-corrected chi connectivity index (χ2v) is 6.33. The molecule has 1 aromatic heterocycles. The maximum atomic E-state index is 12.8. The van der Waals surface area contributed by atoms with Crippen molar-refractivity contribution in [3.63, 3.8) is 0 Å². The lowest BCUT2D eigenvalue weighted by Crippen LogP contribution is -2.42. The Morgan fingerprint density at radius 2 is 1.96 bits per heavy atom. The average molecular weight is 368 g/mol. The van der Waals surface area contributed by atoms with Gasteiger partial charge in [-0.25, -0.2) is 0 Å². The van der Waals surface area contributed by atoms with Crippen LogP contribution < -0.4 is 4.74 Å². The third-order valence-electron chi connectivity index (χ3n) is 4.44. The number of alkyl halides is 3. The van der Waals surface area contributed by atoms with Crippen LogP contribution in [-0.4, -0.2) is 35.2 Å². The molecular weight excluding hydrogens is 349 g/mol. The molecule has 1 amide bonds. The van der Waals surface area contributed by atoms with Crippen LogP contribution in [0, 0.1) is 13.8 Å². The number of piperidine rings is 1. The van der Waals surface area contributed by atoms with E-state index < -0.39 is 11.7 Å². The molecule has 0 saturated carbocycles. The highest BCUT2D eigenvalue weighted by Gasteiger charge is 2.31. The third-order valence-corrected chi connectivity index (χ3v) is 4.44. The zero-order chi connectivity index (χ0) is 18.9. The first-order valence-corrected chi connectivity index (χ1v) is 8.32. The molecule has 1 aliphatic heterocycles. The van der Waals surface area contributed by atoms with Crippen molar-refractivity contribution in [3.8, 4) is 5.75 Å². The van der Waals surface area contributed by atoms with E-state index in [0.29, 0.717) is 42.9 Å². The van der Waals surface area contributed by atoms with Gasteiger partial charge >= 0.3 is 6.18 Å². The van der Waals surface area contributed by atoms with E-state index in [9.17, 15) is 18.0 Å². The van der Waals surface area contributed by atoms with Crippen LogP contribution >= 0.6 is 0 Å². The Morgan fingerprint density at radius 1 is 1.27 bits per heavy atom. The first kappa shape index (κ1) is 18.3. The molecule has 1 saturated heterocycles. The van der Waals surface area contributed by atoms with Gasteiger partial charge in [0, 0.05) is 25.9 Å². The number of rotatable bonds is 3. The van der Waals surface area contributed by atoms with Crippen molar-refractivity contribution >= 4 is 5.91 Å². The highest BCUT2D eigenvalue weighted by Crippen LogP contribution is 2.32. The summed E-state index contributed by atoms with van der Waals surface area (Å²) in [7, 11) is 0. The predicted molar refractivity (Wildman–Crippen MR) is 87.0 cm³/mol. The van der Waals surface area contributed by atoms with Gasteiger partial charge in [0.2, 0.25) is 0 Å². The molecule has 26 heavy (non-hydrogen) atoms. The molecular formula is C18H19F3N2O3. The number of hydrogen-bond donors (Lipinski definition) is 0. The van der Waals surface area contributed by atoms with E-state index in [1.807, 2.05) is 0 Å². The van der Waals surface area contributed by atoms with Gasteiger partial charge in [-0.2, -0.15) is 13.2 Å². The summed E-state index contributed by atoms with van der Waals surface area (Å²) in [5.74, 6) is 0.531. The number of carbonyl (C=O) groups excluding carboxylic acids is 1. The molecule has 0 bridgehead atoms. The number of aromatic nitrogens is 1. The van der Waals surface area contributed by atoms with E-state index in [1.54, 1.807) is 18.7 Å². The molecule has 0 radical (unpaired) electrons. The Morgan fingerprint density at radius 3 is 2.54 bits per heavy atom. The maximum Gasteiger partial charge on any atom is 0.416 e. The first-order chi connectivity index (χ1) is 12.3. The molecule has 2 aromatic rings. The summed E-state index contributed by atoms with van der Waals surface area (Å²) >= 11 is 0. The van der Waals surface area contributed by atoms with Crippen LogP contribution in [0.3, 0.4) is 0 Å². The van der Waals surface area contributed by atoms with Gasteiger partial charge in [-0.05, 0) is 32.0 Å². The number of likely N-dealkylation sites (tertiary alicyclic amines) is 1. The molecule has 0 N–H and O–H groups in total. The van der Waals surface area contributed by atoms with E-state index in [2.05, 4.69) is 5.16 Å². The molecule has 140 valence electrons. The Kier molecular flexibility index (Phi) is 4.93. The minimum atomic E-state index is -4.40. The zero-order valence-electron chi connectivity index (χ0n) is 14.5. The smallest absolute Gasteiger partial charge is 0.416 e. The van der Waals surface area contributed by atoms with Gasteiger partial charge in [-0.3, -0.25) is 4.79 Å². The predicted octanol–water partition coefficient (Wildman–Crippen LogP) is 3.99. The first-order valence-electron chi connectivity index (χ1n) is 8.32. The van der Waals surface area contributed by atoms with E-state index >= 15 is 0 Å². The second kappa shape index (κ2) is 7.01. The summed E-state index contributed by atoms with van der Waals surface area (Å²) in [6.45, 7) is 4.34.